The highest BCUT2D eigenvalue weighted by Crippen LogP contribution is 2.32. The third-order valence-electron chi connectivity index (χ3n) is 4.61. The molecule has 2 aliphatic rings. The van der Waals surface area contributed by atoms with E-state index in [1.54, 1.807) is 0 Å². The summed E-state index contributed by atoms with van der Waals surface area (Å²) in [5.74, 6) is 2.67. The van der Waals surface area contributed by atoms with Crippen molar-refractivity contribution in [2.45, 2.75) is 39.7 Å². The quantitative estimate of drug-likeness (QED) is 0.868. The van der Waals surface area contributed by atoms with Crippen molar-refractivity contribution in [3.63, 3.8) is 0 Å². The number of nitrogens with two attached hydrogens (primary N) is 1. The number of nitrogens with zero attached hydrogens (tertiary/aromatic N) is 2. The van der Waals surface area contributed by atoms with Gasteiger partial charge in [-0.05, 0) is 42.7 Å². The lowest BCUT2D eigenvalue weighted by atomic mass is 10.0. The molecule has 1 aromatic rings. The van der Waals surface area contributed by atoms with Crippen molar-refractivity contribution in [1.29, 1.82) is 0 Å². The van der Waals surface area contributed by atoms with Gasteiger partial charge in [-0.3, -0.25) is 0 Å². The van der Waals surface area contributed by atoms with Crippen molar-refractivity contribution in [1.82, 2.24) is 4.98 Å². The molecule has 1 aliphatic carbocycles. The van der Waals surface area contributed by atoms with Crippen molar-refractivity contribution in [3.8, 4) is 0 Å². The van der Waals surface area contributed by atoms with Gasteiger partial charge in [0.05, 0.1) is 0 Å². The third kappa shape index (κ3) is 1.91. The SMILES string of the molecule is CC1CN(c2nc3c(cc2CN)CCC3)CC1C. The minimum Gasteiger partial charge on any atom is -0.356 e. The summed E-state index contributed by atoms with van der Waals surface area (Å²) in [7, 11) is 0. The van der Waals surface area contributed by atoms with E-state index in [4.69, 9.17) is 10.7 Å². The van der Waals surface area contributed by atoms with E-state index >= 15 is 0 Å². The highest BCUT2D eigenvalue weighted by molar-refractivity contribution is 5.51. The smallest absolute Gasteiger partial charge is 0.133 e. The Morgan fingerprint density at radius 3 is 2.67 bits per heavy atom. The van der Waals surface area contributed by atoms with E-state index in [0.29, 0.717) is 6.54 Å². The largest absolute Gasteiger partial charge is 0.356 e. The number of rotatable bonds is 2. The molecule has 1 aliphatic heterocycles. The molecule has 0 radical (unpaired) electrons. The molecule has 1 fully saturated rings. The van der Waals surface area contributed by atoms with Gasteiger partial charge in [0.15, 0.2) is 0 Å². The molecule has 0 aromatic carbocycles. The van der Waals surface area contributed by atoms with Crippen LogP contribution in [-0.4, -0.2) is 18.1 Å². The normalized spacial score (nSPS) is 26.7. The summed E-state index contributed by atoms with van der Waals surface area (Å²) < 4.78 is 0. The van der Waals surface area contributed by atoms with E-state index in [1.807, 2.05) is 0 Å². The molecule has 98 valence electrons. The van der Waals surface area contributed by atoms with Crippen LogP contribution < -0.4 is 10.6 Å². The van der Waals surface area contributed by atoms with Crippen molar-refractivity contribution in [2.75, 3.05) is 18.0 Å². The summed E-state index contributed by atoms with van der Waals surface area (Å²) >= 11 is 0. The van der Waals surface area contributed by atoms with E-state index in [-0.39, 0.29) is 0 Å². The monoisotopic (exact) mass is 245 g/mol. The topological polar surface area (TPSA) is 42.2 Å². The first-order valence-electron chi connectivity index (χ1n) is 7.15. The molecule has 0 amide bonds. The molecular weight excluding hydrogens is 222 g/mol. The lowest BCUT2D eigenvalue weighted by Crippen LogP contribution is -2.23. The third-order valence-corrected chi connectivity index (χ3v) is 4.61. The Labute approximate surface area is 109 Å². The molecule has 0 bridgehead atoms. The maximum atomic E-state index is 5.91. The maximum absolute atomic E-state index is 5.91. The molecule has 2 N–H and O–H groups in total. The van der Waals surface area contributed by atoms with Crippen molar-refractivity contribution < 1.29 is 0 Å². The Morgan fingerprint density at radius 1 is 1.28 bits per heavy atom. The highest BCUT2D eigenvalue weighted by atomic mass is 15.2. The van der Waals surface area contributed by atoms with Gasteiger partial charge in [-0.2, -0.15) is 0 Å². The van der Waals surface area contributed by atoms with E-state index < -0.39 is 0 Å². The van der Waals surface area contributed by atoms with Gasteiger partial charge in [0.2, 0.25) is 0 Å². The van der Waals surface area contributed by atoms with Crippen molar-refractivity contribution >= 4 is 5.82 Å². The lowest BCUT2D eigenvalue weighted by Gasteiger charge is -2.21. The summed E-state index contributed by atoms with van der Waals surface area (Å²) in [6.07, 6.45) is 3.58. The zero-order chi connectivity index (χ0) is 12.7. The minimum atomic E-state index is 0.606. The van der Waals surface area contributed by atoms with Crippen LogP contribution in [0.5, 0.6) is 0 Å². The molecule has 0 spiro atoms. The molecule has 1 aromatic heterocycles. The average molecular weight is 245 g/mol. The fraction of sp³-hybridized carbons (Fsp3) is 0.667. The molecule has 3 nitrogen and oxygen atoms in total. The number of aryl methyl sites for hydroxylation is 2. The predicted molar refractivity (Wildman–Crippen MR) is 74.7 cm³/mol. The summed E-state index contributed by atoms with van der Waals surface area (Å²) in [6.45, 7) is 7.52. The summed E-state index contributed by atoms with van der Waals surface area (Å²) in [4.78, 5) is 7.36. The van der Waals surface area contributed by atoms with Gasteiger partial charge in [-0.15, -0.1) is 0 Å². The van der Waals surface area contributed by atoms with Crippen LogP contribution in [0.1, 0.15) is 37.1 Å². The number of aromatic nitrogens is 1. The van der Waals surface area contributed by atoms with Crippen LogP contribution in [0.25, 0.3) is 0 Å². The Morgan fingerprint density at radius 2 is 2.00 bits per heavy atom. The predicted octanol–water partition coefficient (Wildman–Crippen LogP) is 2.12. The second kappa shape index (κ2) is 4.54. The lowest BCUT2D eigenvalue weighted by molar-refractivity contribution is 0.494. The molecule has 2 atom stereocenters. The van der Waals surface area contributed by atoms with Crippen LogP contribution in [0.2, 0.25) is 0 Å². The fourth-order valence-electron chi connectivity index (χ4n) is 3.24. The molecule has 3 heteroatoms. The number of pyridine rings is 1. The minimum absolute atomic E-state index is 0.606. The number of fused-ring (bicyclic) bond motifs is 1. The second-order valence-electron chi connectivity index (χ2n) is 5.99. The zero-order valence-electron chi connectivity index (χ0n) is 11.4. The highest BCUT2D eigenvalue weighted by Gasteiger charge is 2.29. The summed E-state index contributed by atoms with van der Waals surface area (Å²) in [5.41, 5.74) is 9.89. The summed E-state index contributed by atoms with van der Waals surface area (Å²) in [6, 6.07) is 2.30. The first-order chi connectivity index (χ1) is 8.69. The van der Waals surface area contributed by atoms with Crippen LogP contribution in [0.3, 0.4) is 0 Å². The van der Waals surface area contributed by atoms with Crippen LogP contribution in [0.15, 0.2) is 6.07 Å². The molecule has 2 heterocycles. The van der Waals surface area contributed by atoms with E-state index in [2.05, 4.69) is 24.8 Å². The molecular formula is C15H23N3. The standard InChI is InChI=1S/C15H23N3/c1-10-8-18(9-11(10)2)15-13(7-16)6-12-4-3-5-14(12)17-15/h6,10-11H,3-5,7-9,16H2,1-2H3. The fourth-order valence-corrected chi connectivity index (χ4v) is 3.24. The van der Waals surface area contributed by atoms with Gasteiger partial charge in [0.1, 0.15) is 5.82 Å². The van der Waals surface area contributed by atoms with Crippen LogP contribution in [-0.2, 0) is 19.4 Å². The van der Waals surface area contributed by atoms with Gasteiger partial charge < -0.3 is 10.6 Å². The van der Waals surface area contributed by atoms with E-state index in [9.17, 15) is 0 Å². The number of hydrogen-bond acceptors (Lipinski definition) is 3. The Kier molecular flexibility index (Phi) is 3.02. The Hall–Kier alpha value is -1.09. The Balaban J connectivity index is 1.96. The Bertz CT molecular complexity index is 445. The van der Waals surface area contributed by atoms with E-state index in [0.717, 1.165) is 37.2 Å². The maximum Gasteiger partial charge on any atom is 0.133 e. The molecule has 18 heavy (non-hydrogen) atoms. The number of anilines is 1. The summed E-state index contributed by atoms with van der Waals surface area (Å²) in [5, 5.41) is 0. The molecule has 3 rings (SSSR count). The first kappa shape index (κ1) is 12.0. The zero-order valence-corrected chi connectivity index (χ0v) is 11.4. The van der Waals surface area contributed by atoms with E-state index in [1.165, 1.54) is 29.7 Å². The molecule has 0 saturated carbocycles. The van der Waals surface area contributed by atoms with Gasteiger partial charge in [0, 0.05) is 30.9 Å². The van der Waals surface area contributed by atoms with Crippen LogP contribution in [0, 0.1) is 11.8 Å². The van der Waals surface area contributed by atoms with Gasteiger partial charge >= 0.3 is 0 Å². The molecule has 2 unspecified atom stereocenters. The number of hydrogen-bond donors (Lipinski definition) is 1. The average Bonchev–Trinajstić information content (AvgIpc) is 2.94. The second-order valence-corrected chi connectivity index (χ2v) is 5.99. The van der Waals surface area contributed by atoms with Crippen molar-refractivity contribution in [2.24, 2.45) is 17.6 Å². The van der Waals surface area contributed by atoms with Crippen LogP contribution >= 0.6 is 0 Å². The van der Waals surface area contributed by atoms with Gasteiger partial charge in [-0.1, -0.05) is 13.8 Å². The van der Waals surface area contributed by atoms with Crippen LogP contribution in [0.4, 0.5) is 5.82 Å². The van der Waals surface area contributed by atoms with Gasteiger partial charge in [0.25, 0.3) is 0 Å². The van der Waals surface area contributed by atoms with Gasteiger partial charge in [-0.25, -0.2) is 4.98 Å². The van der Waals surface area contributed by atoms with Crippen molar-refractivity contribution in [3.05, 3.63) is 22.9 Å². The molecule has 1 saturated heterocycles. The first-order valence-corrected chi connectivity index (χ1v) is 7.15.